The molecule has 1 aliphatic heterocycles. The van der Waals surface area contributed by atoms with Crippen LogP contribution < -0.4 is 0 Å². The number of hydrogen-bond donors (Lipinski definition) is 1. The summed E-state index contributed by atoms with van der Waals surface area (Å²) in [6.45, 7) is 0.443. The number of hydrogen-bond acceptors (Lipinski definition) is 4. The van der Waals surface area contributed by atoms with E-state index in [2.05, 4.69) is 0 Å². The Hall–Kier alpha value is -1.66. The van der Waals surface area contributed by atoms with Gasteiger partial charge in [-0.25, -0.2) is 0 Å². The van der Waals surface area contributed by atoms with E-state index in [9.17, 15) is 20.0 Å². The molecule has 2 rings (SSSR count). The van der Waals surface area contributed by atoms with Crippen molar-refractivity contribution in [1.29, 1.82) is 0 Å². The number of carbonyl (C=O) groups excluding carboxylic acids is 1. The predicted molar refractivity (Wildman–Crippen MR) is 69.3 cm³/mol. The molecule has 6 nitrogen and oxygen atoms in total. The largest absolute Gasteiger partial charge is 0.394 e. The molecule has 1 aromatic rings. The van der Waals surface area contributed by atoms with Crippen molar-refractivity contribution < 1.29 is 14.8 Å². The molecule has 0 unspecified atom stereocenters. The van der Waals surface area contributed by atoms with Crippen molar-refractivity contribution in [3.63, 3.8) is 0 Å². The highest BCUT2D eigenvalue weighted by atomic mass is 35.5. The Balaban J connectivity index is 2.30. The van der Waals surface area contributed by atoms with Gasteiger partial charge in [-0.05, 0) is 18.9 Å². The van der Waals surface area contributed by atoms with E-state index in [-0.39, 0.29) is 34.8 Å². The zero-order chi connectivity index (χ0) is 14.0. The van der Waals surface area contributed by atoms with Gasteiger partial charge in [-0.15, -0.1) is 0 Å². The predicted octanol–water partition coefficient (Wildman–Crippen LogP) is 1.85. The van der Waals surface area contributed by atoms with Crippen LogP contribution >= 0.6 is 11.6 Å². The van der Waals surface area contributed by atoms with Gasteiger partial charge in [0, 0.05) is 29.3 Å². The van der Waals surface area contributed by atoms with Crippen LogP contribution in [0.4, 0.5) is 5.69 Å². The lowest BCUT2D eigenvalue weighted by Gasteiger charge is -2.23. The van der Waals surface area contributed by atoms with Gasteiger partial charge in [-0.3, -0.25) is 14.9 Å². The third kappa shape index (κ3) is 2.85. The van der Waals surface area contributed by atoms with Crippen LogP contribution in [0.3, 0.4) is 0 Å². The molecule has 0 aromatic heterocycles. The van der Waals surface area contributed by atoms with Crippen molar-refractivity contribution in [3.8, 4) is 0 Å². The van der Waals surface area contributed by atoms with E-state index in [0.717, 1.165) is 12.8 Å². The maximum absolute atomic E-state index is 12.3. The van der Waals surface area contributed by atoms with Crippen LogP contribution in [0.15, 0.2) is 18.2 Å². The zero-order valence-electron chi connectivity index (χ0n) is 10.1. The summed E-state index contributed by atoms with van der Waals surface area (Å²) in [6.07, 6.45) is 1.56. The summed E-state index contributed by atoms with van der Waals surface area (Å²) in [5.74, 6) is -0.331. The fourth-order valence-corrected chi connectivity index (χ4v) is 2.49. The van der Waals surface area contributed by atoms with E-state index in [1.807, 2.05) is 0 Å². The monoisotopic (exact) mass is 284 g/mol. The molecule has 0 bridgehead atoms. The molecule has 19 heavy (non-hydrogen) atoms. The number of carbonyl (C=O) groups is 1. The van der Waals surface area contributed by atoms with E-state index < -0.39 is 4.92 Å². The van der Waals surface area contributed by atoms with Crippen molar-refractivity contribution in [2.75, 3.05) is 13.2 Å². The summed E-state index contributed by atoms with van der Waals surface area (Å²) in [5, 5.41) is 20.1. The first-order valence-corrected chi connectivity index (χ1v) is 6.27. The Morgan fingerprint density at radius 2 is 2.26 bits per heavy atom. The molecule has 7 heteroatoms. The molecule has 0 saturated carbocycles. The number of rotatable bonds is 3. The second-order valence-corrected chi connectivity index (χ2v) is 4.87. The number of aliphatic hydroxyl groups is 1. The molecule has 1 aliphatic rings. The third-order valence-electron chi connectivity index (χ3n) is 3.19. The Labute approximate surface area is 114 Å². The van der Waals surface area contributed by atoms with Crippen molar-refractivity contribution in [1.82, 2.24) is 4.90 Å². The lowest BCUT2D eigenvalue weighted by Crippen LogP contribution is -2.37. The summed E-state index contributed by atoms with van der Waals surface area (Å²) >= 11 is 5.79. The van der Waals surface area contributed by atoms with Crippen LogP contribution in [0.25, 0.3) is 0 Å². The molecule has 0 aliphatic carbocycles. The van der Waals surface area contributed by atoms with Gasteiger partial charge in [0.05, 0.1) is 17.6 Å². The molecular weight excluding hydrogens is 272 g/mol. The van der Waals surface area contributed by atoms with Gasteiger partial charge < -0.3 is 10.0 Å². The first-order chi connectivity index (χ1) is 9.02. The number of non-ortho nitro benzene ring substituents is 1. The topological polar surface area (TPSA) is 83.7 Å². The van der Waals surface area contributed by atoms with E-state index >= 15 is 0 Å². The fourth-order valence-electron chi connectivity index (χ4n) is 2.26. The summed E-state index contributed by atoms with van der Waals surface area (Å²) in [4.78, 5) is 24.0. The Morgan fingerprint density at radius 3 is 2.89 bits per heavy atom. The highest BCUT2D eigenvalue weighted by Crippen LogP contribution is 2.25. The first-order valence-electron chi connectivity index (χ1n) is 5.89. The number of likely N-dealkylation sites (tertiary alicyclic amines) is 1. The number of amides is 1. The third-order valence-corrected chi connectivity index (χ3v) is 3.41. The maximum Gasteiger partial charge on any atom is 0.271 e. The summed E-state index contributed by atoms with van der Waals surface area (Å²) in [6, 6.07) is 3.60. The van der Waals surface area contributed by atoms with Crippen LogP contribution in [0.1, 0.15) is 23.2 Å². The van der Waals surface area contributed by atoms with Crippen molar-refractivity contribution in [2.24, 2.45) is 0 Å². The molecule has 1 aromatic carbocycles. The molecule has 1 saturated heterocycles. The lowest BCUT2D eigenvalue weighted by molar-refractivity contribution is -0.384. The Morgan fingerprint density at radius 1 is 1.53 bits per heavy atom. The van der Waals surface area contributed by atoms with Crippen molar-refractivity contribution >= 4 is 23.2 Å². The van der Waals surface area contributed by atoms with Crippen LogP contribution in [0, 0.1) is 10.1 Å². The molecule has 102 valence electrons. The van der Waals surface area contributed by atoms with Gasteiger partial charge in [0.1, 0.15) is 0 Å². The van der Waals surface area contributed by atoms with E-state index in [0.29, 0.717) is 6.54 Å². The molecule has 1 atom stereocenters. The van der Waals surface area contributed by atoms with Gasteiger partial charge in [-0.1, -0.05) is 11.6 Å². The maximum atomic E-state index is 12.3. The number of nitro groups is 1. The first kappa shape index (κ1) is 13.8. The molecule has 1 heterocycles. The van der Waals surface area contributed by atoms with Crippen molar-refractivity contribution in [2.45, 2.75) is 18.9 Å². The van der Waals surface area contributed by atoms with Gasteiger partial charge in [0.2, 0.25) is 0 Å². The van der Waals surface area contributed by atoms with Crippen LogP contribution in [-0.2, 0) is 0 Å². The van der Waals surface area contributed by atoms with Gasteiger partial charge in [-0.2, -0.15) is 0 Å². The molecule has 1 N–H and O–H groups in total. The summed E-state index contributed by atoms with van der Waals surface area (Å²) in [7, 11) is 0. The van der Waals surface area contributed by atoms with Crippen LogP contribution in [-0.4, -0.2) is 40.0 Å². The number of nitro benzene ring substituents is 1. The molecular formula is C12H13ClN2O4. The van der Waals surface area contributed by atoms with Gasteiger partial charge >= 0.3 is 0 Å². The smallest absolute Gasteiger partial charge is 0.271 e. The van der Waals surface area contributed by atoms with Crippen LogP contribution in [0.2, 0.25) is 5.02 Å². The molecule has 0 spiro atoms. The normalized spacial score (nSPS) is 18.6. The fraction of sp³-hybridized carbons (Fsp3) is 0.417. The second-order valence-electron chi connectivity index (χ2n) is 4.43. The Bertz CT molecular complexity index is 520. The number of benzene rings is 1. The average molecular weight is 285 g/mol. The standard InChI is InChI=1S/C12H13ClN2O4/c13-9-4-8(5-11(6-9)15(18)19)12(17)14-3-1-2-10(14)7-16/h4-6,10,16H,1-3,7H2/t10-/m1/s1. The minimum atomic E-state index is -0.587. The zero-order valence-corrected chi connectivity index (χ0v) is 10.8. The summed E-state index contributed by atoms with van der Waals surface area (Å²) < 4.78 is 0. The number of halogens is 1. The number of nitrogens with zero attached hydrogens (tertiary/aromatic N) is 2. The number of aliphatic hydroxyl groups excluding tert-OH is 1. The minimum absolute atomic E-state index is 0.103. The minimum Gasteiger partial charge on any atom is -0.394 e. The SMILES string of the molecule is O=C(c1cc(Cl)cc([N+](=O)[O-])c1)N1CCC[C@@H]1CO. The highest BCUT2D eigenvalue weighted by molar-refractivity contribution is 6.31. The quantitative estimate of drug-likeness (QED) is 0.678. The highest BCUT2D eigenvalue weighted by Gasteiger charge is 2.29. The van der Waals surface area contributed by atoms with E-state index in [1.54, 1.807) is 0 Å². The van der Waals surface area contributed by atoms with Gasteiger partial charge in [0.15, 0.2) is 0 Å². The van der Waals surface area contributed by atoms with E-state index in [1.165, 1.54) is 23.1 Å². The average Bonchev–Trinajstić information content (AvgIpc) is 2.85. The van der Waals surface area contributed by atoms with Gasteiger partial charge in [0.25, 0.3) is 11.6 Å². The van der Waals surface area contributed by atoms with Crippen LogP contribution in [0.5, 0.6) is 0 Å². The second kappa shape index (κ2) is 5.54. The lowest BCUT2D eigenvalue weighted by atomic mass is 10.1. The Kier molecular flexibility index (Phi) is 4.01. The molecule has 0 radical (unpaired) electrons. The summed E-state index contributed by atoms with van der Waals surface area (Å²) in [5.41, 5.74) is -0.0323. The van der Waals surface area contributed by atoms with Crippen molar-refractivity contribution in [3.05, 3.63) is 38.9 Å². The van der Waals surface area contributed by atoms with E-state index in [4.69, 9.17) is 11.6 Å². The molecule has 1 fully saturated rings. The molecule has 1 amide bonds.